The van der Waals surface area contributed by atoms with E-state index in [0.29, 0.717) is 35.5 Å². The van der Waals surface area contributed by atoms with Crippen molar-refractivity contribution in [3.05, 3.63) is 59.1 Å². The number of nitrogens with zero attached hydrogens (tertiary/aromatic N) is 2. The molecule has 2 heterocycles. The lowest BCUT2D eigenvalue weighted by Gasteiger charge is -2.33. The number of benzene rings is 2. The molecule has 2 N–H and O–H groups in total. The molecule has 2 aromatic carbocycles. The average Bonchev–Trinajstić information content (AvgIpc) is 3.02. The van der Waals surface area contributed by atoms with E-state index >= 15 is 0 Å². The fraction of sp³-hybridized carbons (Fsp3) is 0.250. The number of oxazole rings is 1. The molecule has 0 saturated heterocycles. The number of hydrogen-bond donors (Lipinski definition) is 1. The number of rotatable bonds is 5. The molecule has 0 radical (unpaired) electrons. The second-order valence-electron chi connectivity index (χ2n) is 6.57. The van der Waals surface area contributed by atoms with Crippen LogP contribution in [0.1, 0.15) is 12.8 Å². The van der Waals surface area contributed by atoms with Crippen molar-refractivity contribution in [3.8, 4) is 5.75 Å². The average molecular weight is 381 g/mol. The summed E-state index contributed by atoms with van der Waals surface area (Å²) in [6.07, 6.45) is -0.242. The van der Waals surface area contributed by atoms with Gasteiger partial charge >= 0.3 is 5.76 Å². The van der Waals surface area contributed by atoms with Crippen molar-refractivity contribution >= 4 is 28.6 Å². The van der Waals surface area contributed by atoms with Crippen molar-refractivity contribution in [2.45, 2.75) is 25.5 Å². The van der Waals surface area contributed by atoms with Gasteiger partial charge in [0.25, 0.3) is 5.91 Å². The van der Waals surface area contributed by atoms with E-state index < -0.39 is 17.8 Å². The van der Waals surface area contributed by atoms with E-state index in [1.54, 1.807) is 42.5 Å². The minimum atomic E-state index is -0.890. The topological polar surface area (TPSA) is 108 Å². The van der Waals surface area contributed by atoms with Gasteiger partial charge in [0.2, 0.25) is 5.91 Å². The second-order valence-corrected chi connectivity index (χ2v) is 6.57. The highest BCUT2D eigenvalue weighted by Gasteiger charge is 2.32. The maximum atomic E-state index is 12.8. The van der Waals surface area contributed by atoms with E-state index in [0.717, 1.165) is 0 Å². The summed E-state index contributed by atoms with van der Waals surface area (Å²) in [6, 6.07) is 14.2. The summed E-state index contributed by atoms with van der Waals surface area (Å²) in [6.45, 7) is 0.423. The zero-order chi connectivity index (χ0) is 19.7. The number of anilines is 1. The molecular formula is C20H19N3O5. The molecule has 1 aliphatic rings. The van der Waals surface area contributed by atoms with Crippen LogP contribution in [0.4, 0.5) is 5.69 Å². The molecule has 8 heteroatoms. The monoisotopic (exact) mass is 381 g/mol. The van der Waals surface area contributed by atoms with Crippen molar-refractivity contribution in [3.63, 3.8) is 0 Å². The lowest BCUT2D eigenvalue weighted by molar-refractivity contribution is -0.125. The number of carbonyl (C=O) groups is 2. The summed E-state index contributed by atoms with van der Waals surface area (Å²) in [4.78, 5) is 37.9. The third-order valence-electron chi connectivity index (χ3n) is 4.74. The quantitative estimate of drug-likeness (QED) is 0.723. The summed E-state index contributed by atoms with van der Waals surface area (Å²) in [5.74, 6) is -0.784. The Morgan fingerprint density at radius 1 is 1.11 bits per heavy atom. The van der Waals surface area contributed by atoms with Gasteiger partial charge in [-0.3, -0.25) is 14.2 Å². The number of amides is 2. The first kappa shape index (κ1) is 17.8. The molecule has 1 aromatic heterocycles. The Kier molecular flexibility index (Phi) is 4.60. The number of nitrogens with two attached hydrogens (primary N) is 1. The number of para-hydroxylation sites is 4. The largest absolute Gasteiger partial charge is 0.477 e. The highest BCUT2D eigenvalue weighted by atomic mass is 16.5. The van der Waals surface area contributed by atoms with Crippen LogP contribution in [-0.2, 0) is 16.1 Å². The van der Waals surface area contributed by atoms with Crippen LogP contribution < -0.4 is 21.1 Å². The van der Waals surface area contributed by atoms with Crippen LogP contribution in [0.3, 0.4) is 0 Å². The lowest BCUT2D eigenvalue weighted by atomic mass is 10.1. The Balaban J connectivity index is 1.48. The molecule has 144 valence electrons. The third kappa shape index (κ3) is 3.24. The Morgan fingerprint density at radius 2 is 1.86 bits per heavy atom. The molecule has 1 aliphatic heterocycles. The highest BCUT2D eigenvalue weighted by Crippen LogP contribution is 2.33. The van der Waals surface area contributed by atoms with Crippen molar-refractivity contribution in [2.75, 3.05) is 11.4 Å². The first-order chi connectivity index (χ1) is 13.5. The van der Waals surface area contributed by atoms with E-state index in [1.165, 1.54) is 9.47 Å². The van der Waals surface area contributed by atoms with Crippen LogP contribution in [0, 0.1) is 0 Å². The van der Waals surface area contributed by atoms with Gasteiger partial charge in [-0.15, -0.1) is 0 Å². The molecule has 28 heavy (non-hydrogen) atoms. The van der Waals surface area contributed by atoms with Crippen LogP contribution in [0.25, 0.3) is 11.1 Å². The lowest BCUT2D eigenvalue weighted by Crippen LogP contribution is -2.49. The predicted octanol–water partition coefficient (Wildman–Crippen LogP) is 1.65. The first-order valence-electron chi connectivity index (χ1n) is 8.98. The van der Waals surface area contributed by atoms with Crippen LogP contribution in [0.2, 0.25) is 0 Å². The molecule has 0 fully saturated rings. The summed E-state index contributed by atoms with van der Waals surface area (Å²) >= 11 is 0. The standard InChI is InChI=1S/C20H19N3O5/c21-19(25)17-12-23(14-7-2-3-8-15(14)27-17)18(24)10-5-11-22-13-6-1-4-9-16(13)28-20(22)26/h1-4,6-9,17H,5,10-12H2,(H2,21,25)/t17-/m0/s1. The minimum Gasteiger partial charge on any atom is -0.477 e. The second kappa shape index (κ2) is 7.22. The van der Waals surface area contributed by atoms with E-state index in [-0.39, 0.29) is 18.9 Å². The smallest absolute Gasteiger partial charge is 0.419 e. The maximum absolute atomic E-state index is 12.8. The number of carbonyl (C=O) groups excluding carboxylic acids is 2. The summed E-state index contributed by atoms with van der Waals surface area (Å²) in [5.41, 5.74) is 7.20. The number of aromatic nitrogens is 1. The van der Waals surface area contributed by atoms with Gasteiger partial charge in [-0.05, 0) is 30.7 Å². The zero-order valence-corrected chi connectivity index (χ0v) is 15.0. The van der Waals surface area contributed by atoms with Gasteiger partial charge in [0.05, 0.1) is 17.7 Å². The molecule has 0 bridgehead atoms. The SMILES string of the molecule is NC(=O)[C@@H]1CN(C(=O)CCCn2c(=O)oc3ccccc32)c2ccccc2O1. The minimum absolute atomic E-state index is 0.0692. The van der Waals surface area contributed by atoms with E-state index in [1.807, 2.05) is 6.07 Å². The molecule has 2 amide bonds. The van der Waals surface area contributed by atoms with Gasteiger partial charge < -0.3 is 19.8 Å². The normalized spacial score (nSPS) is 15.9. The number of hydrogen-bond acceptors (Lipinski definition) is 5. The van der Waals surface area contributed by atoms with Gasteiger partial charge in [0, 0.05) is 13.0 Å². The molecule has 0 unspecified atom stereocenters. The molecule has 0 aliphatic carbocycles. The van der Waals surface area contributed by atoms with Crippen molar-refractivity contribution in [1.29, 1.82) is 0 Å². The fourth-order valence-corrected chi connectivity index (χ4v) is 3.37. The van der Waals surface area contributed by atoms with Crippen molar-refractivity contribution in [2.24, 2.45) is 5.73 Å². The number of ether oxygens (including phenoxy) is 1. The van der Waals surface area contributed by atoms with E-state index in [2.05, 4.69) is 0 Å². The van der Waals surface area contributed by atoms with Crippen LogP contribution in [0.15, 0.2) is 57.7 Å². The van der Waals surface area contributed by atoms with Gasteiger partial charge in [-0.25, -0.2) is 4.79 Å². The van der Waals surface area contributed by atoms with Gasteiger partial charge in [-0.1, -0.05) is 24.3 Å². The molecule has 3 aromatic rings. The highest BCUT2D eigenvalue weighted by molar-refractivity contribution is 5.97. The molecule has 8 nitrogen and oxygen atoms in total. The summed E-state index contributed by atoms with van der Waals surface area (Å²) in [5, 5.41) is 0. The van der Waals surface area contributed by atoms with Gasteiger partial charge in [-0.2, -0.15) is 0 Å². The summed E-state index contributed by atoms with van der Waals surface area (Å²) in [7, 11) is 0. The van der Waals surface area contributed by atoms with Gasteiger partial charge in [0.15, 0.2) is 11.7 Å². The zero-order valence-electron chi connectivity index (χ0n) is 15.0. The van der Waals surface area contributed by atoms with Crippen molar-refractivity contribution in [1.82, 2.24) is 4.57 Å². The molecule has 0 saturated carbocycles. The Morgan fingerprint density at radius 3 is 2.68 bits per heavy atom. The van der Waals surface area contributed by atoms with Gasteiger partial charge in [0.1, 0.15) is 5.75 Å². The van der Waals surface area contributed by atoms with E-state index in [9.17, 15) is 14.4 Å². The number of aryl methyl sites for hydroxylation is 1. The van der Waals surface area contributed by atoms with Crippen LogP contribution >= 0.6 is 0 Å². The Labute approximate surface area is 160 Å². The van der Waals surface area contributed by atoms with Crippen molar-refractivity contribution < 1.29 is 18.7 Å². The Hall–Kier alpha value is -3.55. The Bertz CT molecular complexity index is 1100. The first-order valence-corrected chi connectivity index (χ1v) is 8.98. The van der Waals surface area contributed by atoms with Crippen LogP contribution in [-0.4, -0.2) is 29.0 Å². The fourth-order valence-electron chi connectivity index (χ4n) is 3.37. The molecule has 1 atom stereocenters. The molecular weight excluding hydrogens is 362 g/mol. The maximum Gasteiger partial charge on any atom is 0.419 e. The molecule has 0 spiro atoms. The summed E-state index contributed by atoms with van der Waals surface area (Å²) < 4.78 is 12.3. The predicted molar refractivity (Wildman–Crippen MR) is 102 cm³/mol. The third-order valence-corrected chi connectivity index (χ3v) is 4.74. The number of primary amides is 1. The number of fused-ring (bicyclic) bond motifs is 2. The van der Waals surface area contributed by atoms with Crippen LogP contribution in [0.5, 0.6) is 5.75 Å². The van der Waals surface area contributed by atoms with E-state index in [4.69, 9.17) is 14.9 Å². The molecule has 4 rings (SSSR count).